The molecule has 4 nitrogen and oxygen atoms in total. The van der Waals surface area contributed by atoms with Crippen LogP contribution in [0.25, 0.3) is 0 Å². The monoisotopic (exact) mass is 481 g/mol. The van der Waals surface area contributed by atoms with E-state index in [0.717, 1.165) is 25.3 Å². The second kappa shape index (κ2) is 12.0. The molecular formula is C18H29FIN3OS. The fraction of sp³-hybridized carbons (Fsp3) is 0.611. The number of guanidine groups is 1. The van der Waals surface area contributed by atoms with Gasteiger partial charge in [-0.2, -0.15) is 11.8 Å². The first kappa shape index (κ1) is 22.5. The second-order valence-electron chi connectivity index (χ2n) is 6.15. The molecule has 3 atom stereocenters. The molecule has 0 aromatic heterocycles. The van der Waals surface area contributed by atoms with Gasteiger partial charge in [0.2, 0.25) is 0 Å². The molecule has 0 saturated heterocycles. The number of nitrogens with one attached hydrogen (secondary N) is 2. The molecule has 1 aliphatic rings. The molecule has 1 aromatic carbocycles. The number of halogens is 2. The summed E-state index contributed by atoms with van der Waals surface area (Å²) < 4.78 is 13.0. The van der Waals surface area contributed by atoms with Gasteiger partial charge >= 0.3 is 0 Å². The van der Waals surface area contributed by atoms with Crippen molar-refractivity contribution in [3.63, 3.8) is 0 Å². The van der Waals surface area contributed by atoms with Crippen LogP contribution in [0.2, 0.25) is 0 Å². The molecule has 25 heavy (non-hydrogen) atoms. The van der Waals surface area contributed by atoms with E-state index in [0.29, 0.717) is 16.9 Å². The molecule has 0 heterocycles. The van der Waals surface area contributed by atoms with Gasteiger partial charge in [-0.3, -0.25) is 4.99 Å². The van der Waals surface area contributed by atoms with Gasteiger partial charge in [-0.15, -0.1) is 24.0 Å². The molecule has 0 radical (unpaired) electrons. The summed E-state index contributed by atoms with van der Waals surface area (Å²) in [6, 6.07) is 6.34. The highest BCUT2D eigenvalue weighted by Gasteiger charge is 2.22. The van der Waals surface area contributed by atoms with Crippen molar-refractivity contribution in [2.75, 3.05) is 19.3 Å². The van der Waals surface area contributed by atoms with Gasteiger partial charge in [-0.05, 0) is 50.1 Å². The van der Waals surface area contributed by atoms with Crippen LogP contribution in [0.5, 0.6) is 0 Å². The van der Waals surface area contributed by atoms with Crippen molar-refractivity contribution in [2.24, 2.45) is 4.99 Å². The highest BCUT2D eigenvalue weighted by atomic mass is 127. The van der Waals surface area contributed by atoms with Crippen molar-refractivity contribution in [2.45, 2.75) is 50.0 Å². The summed E-state index contributed by atoms with van der Waals surface area (Å²) in [6.45, 7) is 3.05. The van der Waals surface area contributed by atoms with Crippen LogP contribution in [0.15, 0.2) is 29.3 Å². The molecule has 0 spiro atoms. The first-order chi connectivity index (χ1) is 11.6. The van der Waals surface area contributed by atoms with E-state index in [1.165, 1.54) is 25.0 Å². The molecule has 3 N–H and O–H groups in total. The molecule has 0 amide bonds. The number of benzene rings is 1. The summed E-state index contributed by atoms with van der Waals surface area (Å²) in [7, 11) is 0. The Bertz CT molecular complexity index is 530. The zero-order valence-electron chi connectivity index (χ0n) is 14.9. The van der Waals surface area contributed by atoms with Crippen molar-refractivity contribution >= 4 is 41.7 Å². The first-order valence-electron chi connectivity index (χ1n) is 8.63. The molecule has 1 saturated carbocycles. The van der Waals surface area contributed by atoms with Crippen molar-refractivity contribution in [3.05, 3.63) is 35.6 Å². The lowest BCUT2D eigenvalue weighted by Crippen LogP contribution is -2.45. The number of rotatable bonds is 6. The Balaban J connectivity index is 0.00000312. The zero-order chi connectivity index (χ0) is 17.4. The van der Waals surface area contributed by atoms with Crippen molar-refractivity contribution in [1.82, 2.24) is 10.6 Å². The fourth-order valence-electron chi connectivity index (χ4n) is 2.97. The van der Waals surface area contributed by atoms with Crippen LogP contribution in [0.4, 0.5) is 4.39 Å². The largest absolute Gasteiger partial charge is 0.386 e. The van der Waals surface area contributed by atoms with E-state index in [-0.39, 0.29) is 36.3 Å². The lowest BCUT2D eigenvalue weighted by molar-refractivity contribution is 0.187. The molecule has 7 heteroatoms. The van der Waals surface area contributed by atoms with Crippen LogP contribution >= 0.6 is 35.7 Å². The number of aliphatic hydroxyl groups excluding tert-OH is 1. The Hall–Kier alpha value is -0.540. The molecule has 0 bridgehead atoms. The number of hydrogen-bond donors (Lipinski definition) is 3. The van der Waals surface area contributed by atoms with E-state index in [1.54, 1.807) is 12.1 Å². The van der Waals surface area contributed by atoms with Gasteiger partial charge in [-0.1, -0.05) is 18.6 Å². The first-order valence-corrected chi connectivity index (χ1v) is 9.92. The molecule has 3 unspecified atom stereocenters. The van der Waals surface area contributed by atoms with E-state index >= 15 is 0 Å². The van der Waals surface area contributed by atoms with E-state index in [9.17, 15) is 9.50 Å². The topological polar surface area (TPSA) is 56.7 Å². The number of nitrogens with zero attached hydrogens (tertiary/aromatic N) is 1. The Kier molecular flexibility index (Phi) is 10.8. The van der Waals surface area contributed by atoms with E-state index in [2.05, 4.69) is 21.9 Å². The lowest BCUT2D eigenvalue weighted by Gasteiger charge is -2.30. The summed E-state index contributed by atoms with van der Waals surface area (Å²) in [5.74, 6) is 0.440. The molecule has 1 fully saturated rings. The van der Waals surface area contributed by atoms with E-state index < -0.39 is 6.10 Å². The average Bonchev–Trinajstić information content (AvgIpc) is 2.60. The minimum atomic E-state index is -0.730. The summed E-state index contributed by atoms with van der Waals surface area (Å²) in [4.78, 5) is 4.50. The number of hydrogen-bond acceptors (Lipinski definition) is 3. The third-order valence-corrected chi connectivity index (χ3v) is 5.42. The van der Waals surface area contributed by atoms with Gasteiger partial charge in [0.05, 0.1) is 12.6 Å². The minimum absolute atomic E-state index is 0. The quantitative estimate of drug-likeness (QED) is 0.330. The van der Waals surface area contributed by atoms with Crippen LogP contribution in [0, 0.1) is 5.82 Å². The fourth-order valence-corrected chi connectivity index (χ4v) is 3.80. The summed E-state index contributed by atoms with van der Waals surface area (Å²) in [6.07, 6.45) is 6.27. The Morgan fingerprint density at radius 1 is 1.36 bits per heavy atom. The van der Waals surface area contributed by atoms with Gasteiger partial charge < -0.3 is 15.7 Å². The van der Waals surface area contributed by atoms with Crippen molar-refractivity contribution in [1.29, 1.82) is 0 Å². The van der Waals surface area contributed by atoms with Crippen LogP contribution in [0.3, 0.4) is 0 Å². The molecule has 142 valence electrons. The summed E-state index contributed by atoms with van der Waals surface area (Å²) >= 11 is 1.94. The summed E-state index contributed by atoms with van der Waals surface area (Å²) in [5, 5.41) is 17.7. The Labute approximate surface area is 171 Å². The number of thioether (sulfide) groups is 1. The predicted octanol–water partition coefficient (Wildman–Crippen LogP) is 3.71. The Morgan fingerprint density at radius 2 is 2.08 bits per heavy atom. The smallest absolute Gasteiger partial charge is 0.191 e. The van der Waals surface area contributed by atoms with Gasteiger partial charge in [0.15, 0.2) is 5.96 Å². The van der Waals surface area contributed by atoms with Crippen LogP contribution in [0.1, 0.15) is 44.3 Å². The molecular weight excluding hydrogens is 452 g/mol. The maximum Gasteiger partial charge on any atom is 0.191 e. The maximum atomic E-state index is 13.0. The standard InChI is InChI=1S/C18H28FN3OS.HI/c1-3-20-18(22-15-5-4-6-16(11-15)24-2)21-12-17(23)13-7-9-14(19)10-8-13;/h7-10,15-17,23H,3-6,11-12H2,1-2H3,(H2,20,21,22);1H. The van der Waals surface area contributed by atoms with E-state index in [1.807, 2.05) is 18.7 Å². The van der Waals surface area contributed by atoms with Crippen molar-refractivity contribution < 1.29 is 9.50 Å². The van der Waals surface area contributed by atoms with Crippen LogP contribution in [-0.2, 0) is 0 Å². The van der Waals surface area contributed by atoms with Gasteiger partial charge in [0.1, 0.15) is 5.82 Å². The molecule has 0 aliphatic heterocycles. The van der Waals surface area contributed by atoms with Crippen LogP contribution < -0.4 is 10.6 Å². The highest BCUT2D eigenvalue weighted by molar-refractivity contribution is 14.0. The van der Waals surface area contributed by atoms with E-state index in [4.69, 9.17) is 0 Å². The minimum Gasteiger partial charge on any atom is -0.386 e. The SMILES string of the molecule is CCNC(=NCC(O)c1ccc(F)cc1)NC1CCCC(SC)C1.I. The summed E-state index contributed by atoms with van der Waals surface area (Å²) in [5.41, 5.74) is 0.677. The van der Waals surface area contributed by atoms with Crippen molar-refractivity contribution in [3.8, 4) is 0 Å². The van der Waals surface area contributed by atoms with Gasteiger partial charge in [-0.25, -0.2) is 4.39 Å². The van der Waals surface area contributed by atoms with Crippen LogP contribution in [-0.4, -0.2) is 41.7 Å². The third-order valence-electron chi connectivity index (χ3n) is 4.32. The Morgan fingerprint density at radius 3 is 2.72 bits per heavy atom. The zero-order valence-corrected chi connectivity index (χ0v) is 18.0. The highest BCUT2D eigenvalue weighted by Crippen LogP contribution is 2.26. The molecule has 1 aliphatic carbocycles. The molecule has 1 aromatic rings. The van der Waals surface area contributed by atoms with Gasteiger partial charge in [0.25, 0.3) is 0 Å². The lowest BCUT2D eigenvalue weighted by atomic mass is 9.95. The maximum absolute atomic E-state index is 13.0. The number of aliphatic hydroxyl groups is 1. The average molecular weight is 481 g/mol. The molecule has 2 rings (SSSR count). The predicted molar refractivity (Wildman–Crippen MR) is 115 cm³/mol. The second-order valence-corrected chi connectivity index (χ2v) is 7.29. The van der Waals surface area contributed by atoms with Gasteiger partial charge in [0, 0.05) is 17.8 Å². The normalized spacial score (nSPS) is 22.0. The third kappa shape index (κ3) is 7.70. The number of aliphatic imine (C=N–C) groups is 1.